The van der Waals surface area contributed by atoms with Gasteiger partial charge in [-0.15, -0.1) is 5.10 Å². The zero-order chi connectivity index (χ0) is 17.2. The molecule has 8 nitrogen and oxygen atoms in total. The highest BCUT2D eigenvalue weighted by Gasteiger charge is 2.19. The second-order valence-corrected chi connectivity index (χ2v) is 6.96. The highest BCUT2D eigenvalue weighted by Crippen LogP contribution is 2.21. The third-order valence-corrected chi connectivity index (χ3v) is 5.17. The number of thioether (sulfide) groups is 1. The van der Waals surface area contributed by atoms with Gasteiger partial charge in [-0.2, -0.15) is 0 Å². The first-order chi connectivity index (χ1) is 12.2. The van der Waals surface area contributed by atoms with E-state index >= 15 is 0 Å². The highest BCUT2D eigenvalue weighted by molar-refractivity contribution is 7.98. The van der Waals surface area contributed by atoms with Crippen LogP contribution in [0.3, 0.4) is 0 Å². The molecule has 0 aromatic carbocycles. The van der Waals surface area contributed by atoms with Gasteiger partial charge in [0.25, 0.3) is 5.56 Å². The van der Waals surface area contributed by atoms with Gasteiger partial charge in [-0.05, 0) is 42.3 Å². The van der Waals surface area contributed by atoms with Crippen molar-refractivity contribution in [3.05, 3.63) is 46.0 Å². The van der Waals surface area contributed by atoms with Crippen molar-refractivity contribution in [2.75, 3.05) is 6.61 Å². The Bertz CT molecular complexity index is 947. The summed E-state index contributed by atoms with van der Waals surface area (Å²) < 4.78 is 9.01. The van der Waals surface area contributed by atoms with E-state index in [1.165, 1.54) is 11.8 Å². The monoisotopic (exact) mass is 358 g/mol. The van der Waals surface area contributed by atoms with E-state index in [-0.39, 0.29) is 11.7 Å². The molecule has 25 heavy (non-hydrogen) atoms. The van der Waals surface area contributed by atoms with Crippen molar-refractivity contribution in [1.82, 2.24) is 29.6 Å². The molecule has 3 aromatic heterocycles. The van der Waals surface area contributed by atoms with Crippen LogP contribution >= 0.6 is 11.8 Å². The SMILES string of the molecule is Cc1cccc2nc(CSc3nnnn3C[C@H]3CCCO3)cc(=O)n12. The van der Waals surface area contributed by atoms with E-state index in [0.29, 0.717) is 28.8 Å². The van der Waals surface area contributed by atoms with Crippen LogP contribution in [0.15, 0.2) is 34.2 Å². The van der Waals surface area contributed by atoms with Crippen molar-refractivity contribution in [3.63, 3.8) is 0 Å². The van der Waals surface area contributed by atoms with Crippen molar-refractivity contribution in [2.45, 2.75) is 43.3 Å². The number of fused-ring (bicyclic) bond motifs is 1. The van der Waals surface area contributed by atoms with Crippen molar-refractivity contribution >= 4 is 17.4 Å². The molecule has 0 N–H and O–H groups in total. The van der Waals surface area contributed by atoms with Crippen LogP contribution in [0, 0.1) is 6.92 Å². The predicted molar refractivity (Wildman–Crippen MR) is 92.6 cm³/mol. The molecule has 1 saturated heterocycles. The Morgan fingerprint density at radius 3 is 3.16 bits per heavy atom. The largest absolute Gasteiger partial charge is 0.376 e. The molecule has 0 radical (unpaired) electrons. The Balaban J connectivity index is 1.51. The minimum absolute atomic E-state index is 0.0716. The summed E-state index contributed by atoms with van der Waals surface area (Å²) in [6, 6.07) is 7.20. The molecule has 130 valence electrons. The lowest BCUT2D eigenvalue weighted by atomic mass is 10.2. The summed E-state index contributed by atoms with van der Waals surface area (Å²) >= 11 is 1.47. The zero-order valence-corrected chi connectivity index (χ0v) is 14.6. The number of rotatable bonds is 5. The van der Waals surface area contributed by atoms with Gasteiger partial charge in [0, 0.05) is 24.1 Å². The van der Waals surface area contributed by atoms with Crippen LogP contribution in [0.2, 0.25) is 0 Å². The molecular weight excluding hydrogens is 340 g/mol. The number of aromatic nitrogens is 6. The van der Waals surface area contributed by atoms with Crippen LogP contribution in [0.25, 0.3) is 5.65 Å². The molecule has 1 atom stereocenters. The van der Waals surface area contributed by atoms with Crippen LogP contribution in [0.4, 0.5) is 0 Å². The standard InChI is InChI=1S/C16H18N6O2S/c1-11-4-2-6-14-17-12(8-15(23)22(11)14)10-25-16-18-19-20-21(16)9-13-5-3-7-24-13/h2,4,6,8,13H,3,5,7,9-10H2,1H3/t13-/m1/s1. The molecular formula is C16H18N6O2S. The molecule has 0 amide bonds. The maximum absolute atomic E-state index is 12.3. The normalized spacial score (nSPS) is 17.4. The Hall–Kier alpha value is -2.26. The van der Waals surface area contributed by atoms with Gasteiger partial charge in [-0.1, -0.05) is 17.8 Å². The second-order valence-electron chi connectivity index (χ2n) is 6.01. The van der Waals surface area contributed by atoms with Crippen LogP contribution in [0.1, 0.15) is 24.2 Å². The predicted octanol–water partition coefficient (Wildman–Crippen LogP) is 1.46. The molecule has 1 aliphatic rings. The van der Waals surface area contributed by atoms with Gasteiger partial charge >= 0.3 is 0 Å². The molecule has 1 fully saturated rings. The first-order valence-corrected chi connectivity index (χ1v) is 9.18. The third kappa shape index (κ3) is 3.42. The quantitative estimate of drug-likeness (QED) is 0.638. The molecule has 1 aliphatic heterocycles. The second kappa shape index (κ2) is 6.93. The maximum Gasteiger partial charge on any atom is 0.258 e. The van der Waals surface area contributed by atoms with E-state index in [1.54, 1.807) is 15.1 Å². The number of hydrogen-bond donors (Lipinski definition) is 0. The fourth-order valence-electron chi connectivity index (χ4n) is 2.97. The van der Waals surface area contributed by atoms with Crippen molar-refractivity contribution in [1.29, 1.82) is 0 Å². The van der Waals surface area contributed by atoms with Gasteiger partial charge < -0.3 is 4.74 Å². The molecule has 9 heteroatoms. The molecule has 4 heterocycles. The van der Waals surface area contributed by atoms with Crippen molar-refractivity contribution in [2.24, 2.45) is 0 Å². The summed E-state index contributed by atoms with van der Waals surface area (Å²) in [5, 5.41) is 12.6. The first-order valence-electron chi connectivity index (χ1n) is 8.19. The summed E-state index contributed by atoms with van der Waals surface area (Å²) in [4.78, 5) is 16.9. The van der Waals surface area contributed by atoms with Gasteiger partial charge in [0.2, 0.25) is 5.16 Å². The zero-order valence-electron chi connectivity index (χ0n) is 13.8. The van der Waals surface area contributed by atoms with Crippen molar-refractivity contribution < 1.29 is 4.74 Å². The van der Waals surface area contributed by atoms with Crippen LogP contribution < -0.4 is 5.56 Å². The number of ether oxygens (including phenoxy) is 1. The topological polar surface area (TPSA) is 87.2 Å². The third-order valence-electron chi connectivity index (χ3n) is 4.18. The molecule has 4 rings (SSSR count). The van der Waals surface area contributed by atoms with Crippen LogP contribution in [-0.4, -0.2) is 42.3 Å². The Labute approximate surface area is 148 Å². The van der Waals surface area contributed by atoms with Gasteiger partial charge in [-0.3, -0.25) is 9.20 Å². The maximum atomic E-state index is 12.3. The molecule has 0 unspecified atom stereocenters. The lowest BCUT2D eigenvalue weighted by Crippen LogP contribution is -2.18. The van der Waals surface area contributed by atoms with Gasteiger partial charge in [0.1, 0.15) is 5.65 Å². The van der Waals surface area contributed by atoms with Crippen LogP contribution in [-0.2, 0) is 17.0 Å². The number of hydrogen-bond acceptors (Lipinski definition) is 7. The Morgan fingerprint density at radius 1 is 1.40 bits per heavy atom. The van der Waals surface area contributed by atoms with E-state index in [2.05, 4.69) is 20.5 Å². The molecule has 0 spiro atoms. The number of aryl methyl sites for hydroxylation is 1. The molecule has 0 saturated carbocycles. The van der Waals surface area contributed by atoms with Gasteiger partial charge in [-0.25, -0.2) is 9.67 Å². The Kier molecular flexibility index (Phi) is 4.50. The Morgan fingerprint density at radius 2 is 2.32 bits per heavy atom. The lowest BCUT2D eigenvalue weighted by molar-refractivity contribution is 0.0912. The average Bonchev–Trinajstić information content (AvgIpc) is 3.25. The first kappa shape index (κ1) is 16.2. The minimum Gasteiger partial charge on any atom is -0.376 e. The van der Waals surface area contributed by atoms with E-state index < -0.39 is 0 Å². The number of nitrogens with zero attached hydrogens (tertiary/aromatic N) is 6. The van der Waals surface area contributed by atoms with Gasteiger partial charge in [0.15, 0.2) is 0 Å². The molecule has 0 bridgehead atoms. The average molecular weight is 358 g/mol. The highest BCUT2D eigenvalue weighted by atomic mass is 32.2. The van der Waals surface area contributed by atoms with E-state index in [1.807, 2.05) is 25.1 Å². The smallest absolute Gasteiger partial charge is 0.258 e. The molecule has 0 aliphatic carbocycles. The summed E-state index contributed by atoms with van der Waals surface area (Å²) in [5.74, 6) is 0.533. The van der Waals surface area contributed by atoms with E-state index in [0.717, 1.165) is 25.1 Å². The van der Waals surface area contributed by atoms with Crippen LogP contribution in [0.5, 0.6) is 0 Å². The minimum atomic E-state index is -0.0716. The summed E-state index contributed by atoms with van der Waals surface area (Å²) in [5.41, 5.74) is 2.17. The summed E-state index contributed by atoms with van der Waals surface area (Å²) in [6.45, 7) is 3.35. The summed E-state index contributed by atoms with van der Waals surface area (Å²) in [6.07, 6.45) is 2.29. The van der Waals surface area contributed by atoms with E-state index in [4.69, 9.17) is 4.74 Å². The van der Waals surface area contributed by atoms with Gasteiger partial charge in [0.05, 0.1) is 18.3 Å². The van der Waals surface area contributed by atoms with E-state index in [9.17, 15) is 4.79 Å². The number of pyridine rings is 1. The lowest BCUT2D eigenvalue weighted by Gasteiger charge is -2.10. The molecule has 3 aromatic rings. The van der Waals surface area contributed by atoms with Crippen molar-refractivity contribution in [3.8, 4) is 0 Å². The fraction of sp³-hybridized carbons (Fsp3) is 0.438. The fourth-order valence-corrected chi connectivity index (χ4v) is 3.75. The number of tetrazole rings is 1. The summed E-state index contributed by atoms with van der Waals surface area (Å²) in [7, 11) is 0.